The first-order chi connectivity index (χ1) is 7.02. The van der Waals surface area contributed by atoms with E-state index in [1.54, 1.807) is 12.1 Å². The molecule has 0 saturated heterocycles. The number of ketones is 1. The summed E-state index contributed by atoms with van der Waals surface area (Å²) >= 11 is 0. The predicted octanol–water partition coefficient (Wildman–Crippen LogP) is 2.78. The van der Waals surface area contributed by atoms with Gasteiger partial charge in [0, 0.05) is 12.5 Å². The Labute approximate surface area is 88.1 Å². The molecule has 79 valence electrons. The van der Waals surface area contributed by atoms with Gasteiger partial charge in [0.1, 0.15) is 0 Å². The first kappa shape index (κ1) is 11.4. The maximum atomic E-state index is 11.7. The summed E-state index contributed by atoms with van der Waals surface area (Å²) < 4.78 is 0. The van der Waals surface area contributed by atoms with E-state index in [1.165, 1.54) is 12.1 Å². The molecule has 0 bridgehead atoms. The number of benzene rings is 1. The second-order valence-electron chi connectivity index (χ2n) is 3.58. The van der Waals surface area contributed by atoms with E-state index in [0.717, 1.165) is 5.92 Å². The molecule has 1 radical (unpaired) electrons. The highest BCUT2D eigenvalue weighted by Crippen LogP contribution is 2.21. The van der Waals surface area contributed by atoms with Gasteiger partial charge in [-0.2, -0.15) is 0 Å². The molecular weight excluding hydrogens is 194 g/mol. The van der Waals surface area contributed by atoms with Crippen molar-refractivity contribution >= 4 is 11.5 Å². The van der Waals surface area contributed by atoms with E-state index in [1.807, 2.05) is 13.8 Å². The molecule has 0 aliphatic heterocycles. The van der Waals surface area contributed by atoms with Crippen LogP contribution >= 0.6 is 0 Å². The van der Waals surface area contributed by atoms with Crippen LogP contribution in [0.5, 0.6) is 0 Å². The molecule has 1 aromatic carbocycles. The second kappa shape index (κ2) is 4.68. The Morgan fingerprint density at radius 2 is 1.93 bits per heavy atom. The van der Waals surface area contributed by atoms with E-state index in [2.05, 4.69) is 0 Å². The topological polar surface area (TPSA) is 60.2 Å². The molecule has 0 aromatic heterocycles. The van der Waals surface area contributed by atoms with Crippen LogP contribution in [-0.4, -0.2) is 10.7 Å². The third-order valence-electron chi connectivity index (χ3n) is 1.92. The van der Waals surface area contributed by atoms with Gasteiger partial charge in [0.15, 0.2) is 5.78 Å². The van der Waals surface area contributed by atoms with Crippen molar-refractivity contribution in [3.8, 4) is 0 Å². The minimum atomic E-state index is -0.530. The van der Waals surface area contributed by atoms with E-state index in [-0.39, 0.29) is 23.5 Å². The van der Waals surface area contributed by atoms with Gasteiger partial charge in [-0.1, -0.05) is 26.0 Å². The quantitative estimate of drug-likeness (QED) is 0.432. The van der Waals surface area contributed by atoms with Crippen molar-refractivity contribution in [3.63, 3.8) is 0 Å². The minimum absolute atomic E-state index is 0.122. The molecule has 0 fully saturated rings. The Kier molecular flexibility index (Phi) is 3.55. The molecular formula is C11H12NO3. The van der Waals surface area contributed by atoms with Crippen LogP contribution in [0.25, 0.3) is 0 Å². The summed E-state index contributed by atoms with van der Waals surface area (Å²) in [6, 6.07) is 6.02. The minimum Gasteiger partial charge on any atom is -0.294 e. The van der Waals surface area contributed by atoms with Gasteiger partial charge in [0.2, 0.25) is 0 Å². The molecule has 0 amide bonds. The maximum Gasteiger partial charge on any atom is 0.280 e. The normalized spacial score (nSPS) is 10.3. The summed E-state index contributed by atoms with van der Waals surface area (Å²) in [5.74, 6) is 0.737. The molecule has 0 heterocycles. The zero-order chi connectivity index (χ0) is 11.4. The average Bonchev–Trinajstić information content (AvgIpc) is 2.16. The zero-order valence-corrected chi connectivity index (χ0v) is 8.69. The van der Waals surface area contributed by atoms with E-state index >= 15 is 0 Å². The Morgan fingerprint density at radius 3 is 2.47 bits per heavy atom. The highest BCUT2D eigenvalue weighted by molar-refractivity contribution is 6.00. The molecule has 0 unspecified atom stereocenters. The summed E-state index contributed by atoms with van der Waals surface area (Å²) in [5, 5.41) is 10.7. The lowest BCUT2D eigenvalue weighted by Crippen LogP contribution is -2.05. The highest BCUT2D eigenvalue weighted by atomic mass is 16.6. The van der Waals surface area contributed by atoms with E-state index in [0.29, 0.717) is 0 Å². The molecule has 1 aromatic rings. The van der Waals surface area contributed by atoms with Crippen molar-refractivity contribution in [3.05, 3.63) is 45.9 Å². The standard InChI is InChI=1S/C11H12NO3/c1-8(2)7-11(13)9-5-3-4-6-10(9)12(14)15/h3-6H,7H2,1-2H3. The van der Waals surface area contributed by atoms with Gasteiger partial charge in [-0.05, 0) is 12.0 Å². The number of carbonyl (C=O) groups excluding carboxylic acids is 1. The number of rotatable bonds is 4. The van der Waals surface area contributed by atoms with E-state index < -0.39 is 4.92 Å². The number of carbonyl (C=O) groups is 1. The van der Waals surface area contributed by atoms with Crippen LogP contribution in [0.2, 0.25) is 0 Å². The summed E-state index contributed by atoms with van der Waals surface area (Å²) in [5.41, 5.74) is 0.0625. The fourth-order valence-electron chi connectivity index (χ4n) is 1.28. The second-order valence-corrected chi connectivity index (χ2v) is 3.58. The SMILES string of the molecule is C[C](C)CC(=O)c1ccccc1[N+](=O)[O-]. The number of para-hydroxylation sites is 1. The van der Waals surface area contributed by atoms with Crippen molar-refractivity contribution in [2.75, 3.05) is 0 Å². The van der Waals surface area contributed by atoms with Crippen LogP contribution in [0.4, 0.5) is 5.69 Å². The summed E-state index contributed by atoms with van der Waals surface area (Å²) in [7, 11) is 0. The first-order valence-electron chi connectivity index (χ1n) is 4.58. The maximum absolute atomic E-state index is 11.7. The lowest BCUT2D eigenvalue weighted by Gasteiger charge is -2.03. The monoisotopic (exact) mass is 206 g/mol. The summed E-state index contributed by atoms with van der Waals surface area (Å²) in [4.78, 5) is 21.8. The van der Waals surface area contributed by atoms with Gasteiger partial charge in [-0.15, -0.1) is 0 Å². The molecule has 15 heavy (non-hydrogen) atoms. The number of hydrogen-bond donors (Lipinski definition) is 0. The third kappa shape index (κ3) is 2.87. The first-order valence-corrected chi connectivity index (χ1v) is 4.58. The molecule has 4 heteroatoms. The lowest BCUT2D eigenvalue weighted by atomic mass is 10.00. The van der Waals surface area contributed by atoms with Crippen LogP contribution in [0.1, 0.15) is 30.6 Å². The largest absolute Gasteiger partial charge is 0.294 e. The van der Waals surface area contributed by atoms with Crippen molar-refractivity contribution in [2.24, 2.45) is 0 Å². The Morgan fingerprint density at radius 1 is 1.33 bits per heavy atom. The van der Waals surface area contributed by atoms with Gasteiger partial charge < -0.3 is 0 Å². The van der Waals surface area contributed by atoms with Crippen molar-refractivity contribution in [1.29, 1.82) is 0 Å². The van der Waals surface area contributed by atoms with Crippen LogP contribution in [0.3, 0.4) is 0 Å². The number of nitro groups is 1. The van der Waals surface area contributed by atoms with Crippen LogP contribution < -0.4 is 0 Å². The molecule has 0 saturated carbocycles. The van der Waals surface area contributed by atoms with Crippen LogP contribution in [0.15, 0.2) is 24.3 Å². The molecule has 0 aliphatic rings. The zero-order valence-electron chi connectivity index (χ0n) is 8.69. The smallest absolute Gasteiger partial charge is 0.280 e. The predicted molar refractivity (Wildman–Crippen MR) is 56.6 cm³/mol. The third-order valence-corrected chi connectivity index (χ3v) is 1.92. The van der Waals surface area contributed by atoms with Gasteiger partial charge in [0.05, 0.1) is 10.5 Å². The number of hydrogen-bond acceptors (Lipinski definition) is 3. The molecule has 0 N–H and O–H groups in total. The molecule has 1 rings (SSSR count). The molecule has 0 spiro atoms. The Bertz CT molecular complexity index is 385. The lowest BCUT2D eigenvalue weighted by molar-refractivity contribution is -0.385. The molecule has 0 atom stereocenters. The van der Waals surface area contributed by atoms with Gasteiger partial charge in [0.25, 0.3) is 5.69 Å². The van der Waals surface area contributed by atoms with Crippen molar-refractivity contribution in [2.45, 2.75) is 20.3 Å². The number of nitrogens with zero attached hydrogens (tertiary/aromatic N) is 1. The fraction of sp³-hybridized carbons (Fsp3) is 0.273. The van der Waals surface area contributed by atoms with Gasteiger partial charge >= 0.3 is 0 Å². The van der Waals surface area contributed by atoms with Gasteiger partial charge in [-0.3, -0.25) is 14.9 Å². The van der Waals surface area contributed by atoms with E-state index in [4.69, 9.17) is 0 Å². The van der Waals surface area contributed by atoms with Gasteiger partial charge in [-0.25, -0.2) is 0 Å². The number of nitro benzene ring substituents is 1. The van der Waals surface area contributed by atoms with E-state index in [9.17, 15) is 14.9 Å². The number of Topliss-reactive ketones (excluding diaryl/α,β-unsaturated/α-hetero) is 1. The molecule has 4 nitrogen and oxygen atoms in total. The summed E-state index contributed by atoms with van der Waals surface area (Å²) in [6.45, 7) is 3.65. The van der Waals surface area contributed by atoms with Crippen molar-refractivity contribution in [1.82, 2.24) is 0 Å². The van der Waals surface area contributed by atoms with Crippen LogP contribution in [-0.2, 0) is 0 Å². The highest BCUT2D eigenvalue weighted by Gasteiger charge is 2.19. The average molecular weight is 206 g/mol. The Balaban J connectivity index is 3.03. The Hall–Kier alpha value is -1.71. The van der Waals surface area contributed by atoms with Crippen molar-refractivity contribution < 1.29 is 9.72 Å². The molecule has 0 aliphatic carbocycles. The van der Waals surface area contributed by atoms with Crippen LogP contribution in [0, 0.1) is 16.0 Å². The fourth-order valence-corrected chi connectivity index (χ4v) is 1.28. The summed E-state index contributed by atoms with van der Waals surface area (Å²) in [6.07, 6.45) is 0.255.